The Morgan fingerprint density at radius 1 is 1.15 bits per heavy atom. The van der Waals surface area contributed by atoms with Gasteiger partial charge >= 0.3 is 0 Å². The SMILES string of the molecule is CCN(C)C1CCC(N)CC1.Cl.Cl. The van der Waals surface area contributed by atoms with E-state index in [0.717, 1.165) is 6.04 Å². The molecule has 0 saturated heterocycles. The van der Waals surface area contributed by atoms with Crippen LogP contribution in [0.1, 0.15) is 32.6 Å². The second-order valence-electron chi connectivity index (χ2n) is 3.64. The van der Waals surface area contributed by atoms with Crippen molar-refractivity contribution in [2.24, 2.45) is 5.73 Å². The molecule has 1 fully saturated rings. The van der Waals surface area contributed by atoms with Gasteiger partial charge in [-0.05, 0) is 39.3 Å². The van der Waals surface area contributed by atoms with Crippen molar-refractivity contribution in [3.05, 3.63) is 0 Å². The Kier molecular flexibility index (Phi) is 9.65. The fraction of sp³-hybridized carbons (Fsp3) is 1.00. The standard InChI is InChI=1S/C9H20N2.2ClH/c1-3-11(2)9-6-4-8(10)5-7-9;;/h8-9H,3-7,10H2,1-2H3;2*1H. The molecule has 0 bridgehead atoms. The molecule has 1 saturated carbocycles. The van der Waals surface area contributed by atoms with Gasteiger partial charge in [0.25, 0.3) is 0 Å². The first-order valence-corrected chi connectivity index (χ1v) is 4.70. The van der Waals surface area contributed by atoms with Crippen molar-refractivity contribution in [1.29, 1.82) is 0 Å². The molecule has 13 heavy (non-hydrogen) atoms. The summed E-state index contributed by atoms with van der Waals surface area (Å²) < 4.78 is 0. The van der Waals surface area contributed by atoms with Crippen molar-refractivity contribution in [3.8, 4) is 0 Å². The van der Waals surface area contributed by atoms with Crippen LogP contribution in [0.4, 0.5) is 0 Å². The molecular formula is C9H22Cl2N2. The number of rotatable bonds is 2. The van der Waals surface area contributed by atoms with Crippen molar-refractivity contribution in [2.45, 2.75) is 44.7 Å². The molecular weight excluding hydrogens is 207 g/mol. The summed E-state index contributed by atoms with van der Waals surface area (Å²) in [4.78, 5) is 2.44. The first-order valence-electron chi connectivity index (χ1n) is 4.70. The average Bonchev–Trinajstić information content (AvgIpc) is 2.05. The molecule has 0 radical (unpaired) electrons. The molecule has 0 aromatic carbocycles. The molecule has 1 rings (SSSR count). The van der Waals surface area contributed by atoms with Crippen LogP contribution >= 0.6 is 24.8 Å². The zero-order valence-corrected chi connectivity index (χ0v) is 10.2. The molecule has 2 nitrogen and oxygen atoms in total. The Hall–Kier alpha value is 0.500. The Bertz CT molecular complexity index is 114. The number of halogens is 2. The topological polar surface area (TPSA) is 29.3 Å². The van der Waals surface area contributed by atoms with Crippen molar-refractivity contribution < 1.29 is 0 Å². The number of nitrogens with two attached hydrogens (primary N) is 1. The summed E-state index contributed by atoms with van der Waals surface area (Å²) in [6.07, 6.45) is 5.03. The van der Waals surface area contributed by atoms with Gasteiger partial charge in [-0.25, -0.2) is 0 Å². The summed E-state index contributed by atoms with van der Waals surface area (Å²) in [6.45, 7) is 3.38. The van der Waals surface area contributed by atoms with E-state index in [1.165, 1.54) is 32.2 Å². The Morgan fingerprint density at radius 2 is 1.62 bits per heavy atom. The van der Waals surface area contributed by atoms with Gasteiger partial charge in [0.05, 0.1) is 0 Å². The molecule has 0 aromatic rings. The van der Waals surface area contributed by atoms with Gasteiger partial charge in [-0.15, -0.1) is 24.8 Å². The fourth-order valence-electron chi connectivity index (χ4n) is 1.80. The van der Waals surface area contributed by atoms with Crippen LogP contribution in [0, 0.1) is 0 Å². The molecule has 82 valence electrons. The second-order valence-corrected chi connectivity index (χ2v) is 3.64. The van der Waals surface area contributed by atoms with E-state index in [4.69, 9.17) is 5.73 Å². The lowest BCUT2D eigenvalue weighted by molar-refractivity contribution is 0.191. The van der Waals surface area contributed by atoms with Crippen LogP contribution in [0.5, 0.6) is 0 Å². The fourth-order valence-corrected chi connectivity index (χ4v) is 1.80. The van der Waals surface area contributed by atoms with Gasteiger partial charge in [-0.2, -0.15) is 0 Å². The van der Waals surface area contributed by atoms with Gasteiger partial charge in [-0.3, -0.25) is 0 Å². The van der Waals surface area contributed by atoms with E-state index >= 15 is 0 Å². The minimum absolute atomic E-state index is 0. The van der Waals surface area contributed by atoms with Crippen LogP contribution in [-0.4, -0.2) is 30.6 Å². The Morgan fingerprint density at radius 3 is 2.00 bits per heavy atom. The largest absolute Gasteiger partial charge is 0.328 e. The molecule has 2 N–H and O–H groups in total. The highest BCUT2D eigenvalue weighted by molar-refractivity contribution is 5.85. The highest BCUT2D eigenvalue weighted by Gasteiger charge is 2.20. The quantitative estimate of drug-likeness (QED) is 0.785. The average molecular weight is 229 g/mol. The predicted molar refractivity (Wildman–Crippen MR) is 63.0 cm³/mol. The van der Waals surface area contributed by atoms with E-state index in [1.807, 2.05) is 0 Å². The van der Waals surface area contributed by atoms with Crippen LogP contribution < -0.4 is 5.73 Å². The molecule has 0 aromatic heterocycles. The molecule has 1 aliphatic carbocycles. The second kappa shape index (κ2) is 7.86. The summed E-state index contributed by atoms with van der Waals surface area (Å²) in [6, 6.07) is 1.29. The third kappa shape index (κ3) is 5.06. The van der Waals surface area contributed by atoms with E-state index < -0.39 is 0 Å². The molecule has 0 unspecified atom stereocenters. The highest BCUT2D eigenvalue weighted by atomic mass is 35.5. The third-order valence-corrected chi connectivity index (χ3v) is 2.86. The minimum atomic E-state index is 0. The molecule has 0 heterocycles. The maximum Gasteiger partial charge on any atom is 0.00932 e. The maximum absolute atomic E-state index is 5.82. The predicted octanol–water partition coefficient (Wildman–Crippen LogP) is 2.05. The van der Waals surface area contributed by atoms with Gasteiger partial charge in [0.2, 0.25) is 0 Å². The lowest BCUT2D eigenvalue weighted by Crippen LogP contribution is -2.38. The minimum Gasteiger partial charge on any atom is -0.328 e. The number of nitrogens with zero attached hydrogens (tertiary/aromatic N) is 1. The Labute approximate surface area is 94.1 Å². The summed E-state index contributed by atoms with van der Waals surface area (Å²) >= 11 is 0. The first kappa shape index (κ1) is 15.9. The van der Waals surface area contributed by atoms with Gasteiger partial charge in [-0.1, -0.05) is 6.92 Å². The Balaban J connectivity index is 0. The lowest BCUT2D eigenvalue weighted by Gasteiger charge is -2.32. The maximum atomic E-state index is 5.82. The smallest absolute Gasteiger partial charge is 0.00932 e. The molecule has 0 amide bonds. The number of hydrogen-bond donors (Lipinski definition) is 1. The van der Waals surface area contributed by atoms with E-state index in [2.05, 4.69) is 18.9 Å². The summed E-state index contributed by atoms with van der Waals surface area (Å²) in [5.41, 5.74) is 5.82. The molecule has 0 spiro atoms. The summed E-state index contributed by atoms with van der Waals surface area (Å²) in [5, 5.41) is 0. The summed E-state index contributed by atoms with van der Waals surface area (Å²) in [5.74, 6) is 0. The van der Waals surface area contributed by atoms with Crippen LogP contribution in [-0.2, 0) is 0 Å². The van der Waals surface area contributed by atoms with Crippen molar-refractivity contribution in [3.63, 3.8) is 0 Å². The van der Waals surface area contributed by atoms with E-state index in [9.17, 15) is 0 Å². The van der Waals surface area contributed by atoms with Crippen LogP contribution in [0.15, 0.2) is 0 Å². The van der Waals surface area contributed by atoms with Crippen molar-refractivity contribution in [2.75, 3.05) is 13.6 Å². The number of hydrogen-bond acceptors (Lipinski definition) is 2. The molecule has 0 aliphatic heterocycles. The van der Waals surface area contributed by atoms with Crippen LogP contribution in [0.3, 0.4) is 0 Å². The van der Waals surface area contributed by atoms with Gasteiger partial charge in [0.15, 0.2) is 0 Å². The monoisotopic (exact) mass is 228 g/mol. The summed E-state index contributed by atoms with van der Waals surface area (Å²) in [7, 11) is 2.21. The first-order chi connectivity index (χ1) is 5.24. The zero-order valence-electron chi connectivity index (χ0n) is 8.53. The molecule has 0 atom stereocenters. The van der Waals surface area contributed by atoms with E-state index in [-0.39, 0.29) is 24.8 Å². The van der Waals surface area contributed by atoms with Gasteiger partial charge in [0.1, 0.15) is 0 Å². The zero-order chi connectivity index (χ0) is 8.27. The van der Waals surface area contributed by atoms with Crippen LogP contribution in [0.25, 0.3) is 0 Å². The van der Waals surface area contributed by atoms with Gasteiger partial charge < -0.3 is 10.6 Å². The van der Waals surface area contributed by atoms with E-state index in [0.29, 0.717) is 6.04 Å². The van der Waals surface area contributed by atoms with E-state index in [1.54, 1.807) is 0 Å². The normalized spacial score (nSPS) is 27.7. The van der Waals surface area contributed by atoms with Gasteiger partial charge in [0, 0.05) is 12.1 Å². The third-order valence-electron chi connectivity index (χ3n) is 2.86. The molecule has 4 heteroatoms. The molecule has 1 aliphatic rings. The van der Waals surface area contributed by atoms with Crippen molar-refractivity contribution >= 4 is 24.8 Å². The lowest BCUT2D eigenvalue weighted by atomic mass is 9.91. The van der Waals surface area contributed by atoms with Crippen molar-refractivity contribution in [1.82, 2.24) is 4.90 Å². The highest BCUT2D eigenvalue weighted by Crippen LogP contribution is 2.20. The van der Waals surface area contributed by atoms with Crippen LogP contribution in [0.2, 0.25) is 0 Å².